The summed E-state index contributed by atoms with van der Waals surface area (Å²) in [6, 6.07) is 5.94. The summed E-state index contributed by atoms with van der Waals surface area (Å²) < 4.78 is 0. The number of carbonyl (C=O) groups excluding carboxylic acids is 2. The third-order valence-corrected chi connectivity index (χ3v) is 2.80. The number of anilines is 1. The lowest BCUT2D eigenvalue weighted by atomic mass is 10.1. The molecule has 0 aromatic heterocycles. The molecule has 0 aliphatic carbocycles. The second kappa shape index (κ2) is 7.11. The third-order valence-electron chi connectivity index (χ3n) is 2.47. The largest absolute Gasteiger partial charge is 0.544 e. The van der Waals surface area contributed by atoms with Crippen LogP contribution in [0.5, 0.6) is 0 Å². The first-order chi connectivity index (χ1) is 8.90. The molecule has 1 aromatic carbocycles. The van der Waals surface area contributed by atoms with Gasteiger partial charge in [-0.3, -0.25) is 4.79 Å². The van der Waals surface area contributed by atoms with Gasteiger partial charge in [0.25, 0.3) is 0 Å². The highest BCUT2D eigenvalue weighted by Crippen LogP contribution is 2.20. The molecule has 0 fully saturated rings. The van der Waals surface area contributed by atoms with Crippen molar-refractivity contribution in [2.24, 2.45) is 0 Å². The van der Waals surface area contributed by atoms with Gasteiger partial charge in [-0.2, -0.15) is 0 Å². The summed E-state index contributed by atoms with van der Waals surface area (Å²) in [6.07, 6.45) is -0.161. The van der Waals surface area contributed by atoms with Gasteiger partial charge in [0.2, 0.25) is 5.91 Å². The van der Waals surface area contributed by atoms with Crippen molar-refractivity contribution in [3.05, 3.63) is 29.3 Å². The van der Waals surface area contributed by atoms with E-state index in [0.717, 1.165) is 0 Å². The van der Waals surface area contributed by atoms with Crippen molar-refractivity contribution in [2.45, 2.75) is 32.4 Å². The number of carboxylic acid groups (broad SMARTS) is 1. The number of carbonyl (C=O) groups is 2. The highest BCUT2D eigenvalue weighted by atomic mass is 35.5. The van der Waals surface area contributed by atoms with Crippen LogP contribution < -0.4 is 15.7 Å². The molecule has 0 aliphatic rings. The summed E-state index contributed by atoms with van der Waals surface area (Å²) in [6.45, 7) is 3.70. The normalized spacial score (nSPS) is 12.2. The number of hydrogen-bond donors (Lipinski definition) is 2. The van der Waals surface area contributed by atoms with Crippen LogP contribution >= 0.6 is 11.6 Å². The predicted octanol–water partition coefficient (Wildman–Crippen LogP) is -0.241. The van der Waals surface area contributed by atoms with Crippen molar-refractivity contribution in [2.75, 3.05) is 5.32 Å². The third kappa shape index (κ3) is 5.28. The summed E-state index contributed by atoms with van der Waals surface area (Å²) in [7, 11) is 0. The van der Waals surface area contributed by atoms with Crippen molar-refractivity contribution in [1.29, 1.82) is 0 Å². The van der Waals surface area contributed by atoms with Crippen LogP contribution in [0.3, 0.4) is 0 Å². The second-order valence-electron chi connectivity index (χ2n) is 4.59. The summed E-state index contributed by atoms with van der Waals surface area (Å²) in [5.74, 6) is -1.65. The van der Waals surface area contributed by atoms with Gasteiger partial charge in [0.1, 0.15) is 6.04 Å². The van der Waals surface area contributed by atoms with Crippen molar-refractivity contribution in [3.63, 3.8) is 0 Å². The lowest BCUT2D eigenvalue weighted by Gasteiger charge is -2.18. The molecule has 0 aliphatic heterocycles. The lowest BCUT2D eigenvalue weighted by molar-refractivity contribution is -0.708. The zero-order chi connectivity index (χ0) is 14.4. The van der Waals surface area contributed by atoms with Crippen molar-refractivity contribution >= 4 is 29.2 Å². The Morgan fingerprint density at radius 1 is 1.37 bits per heavy atom. The molecule has 1 rings (SSSR count). The average Bonchev–Trinajstić information content (AvgIpc) is 2.30. The molecular weight excluding hydrogens is 268 g/mol. The number of quaternary nitrogens is 1. The summed E-state index contributed by atoms with van der Waals surface area (Å²) in [4.78, 5) is 22.7. The molecular formula is C13H17ClN2O3. The Balaban J connectivity index is 2.63. The summed E-state index contributed by atoms with van der Waals surface area (Å²) in [5, 5.41) is 15.5. The van der Waals surface area contributed by atoms with Gasteiger partial charge in [-0.25, -0.2) is 0 Å². The molecule has 0 spiro atoms. The second-order valence-corrected chi connectivity index (χ2v) is 5.00. The number of hydrogen-bond acceptors (Lipinski definition) is 3. The average molecular weight is 285 g/mol. The standard InChI is InChI=1S/C13H17ClN2O3/c1-8(2)15-11(13(18)19)7-12(17)16-10-6-4-3-5-9(10)14/h3-6,8,11,15H,7H2,1-2H3,(H,16,17)(H,18,19)/t11-/m1/s1. The van der Waals surface area contributed by atoms with E-state index >= 15 is 0 Å². The SMILES string of the molecule is CC(C)[NH2+][C@H](CC(=O)Nc1ccccc1Cl)C(=O)[O-]. The first kappa shape index (κ1) is 15.5. The van der Waals surface area contributed by atoms with E-state index in [1.54, 1.807) is 29.6 Å². The van der Waals surface area contributed by atoms with Gasteiger partial charge < -0.3 is 20.5 Å². The quantitative estimate of drug-likeness (QED) is 0.756. The van der Waals surface area contributed by atoms with Crippen LogP contribution in [0, 0.1) is 0 Å². The zero-order valence-electron chi connectivity index (χ0n) is 10.9. The van der Waals surface area contributed by atoms with E-state index in [0.29, 0.717) is 10.7 Å². The Bertz CT molecular complexity index is 463. The van der Waals surface area contributed by atoms with Crippen LogP contribution in [0.4, 0.5) is 5.69 Å². The number of nitrogens with one attached hydrogen (secondary N) is 1. The first-order valence-corrected chi connectivity index (χ1v) is 6.38. The molecule has 19 heavy (non-hydrogen) atoms. The molecule has 0 bridgehead atoms. The highest BCUT2D eigenvalue weighted by Gasteiger charge is 2.19. The number of halogens is 1. The first-order valence-electron chi connectivity index (χ1n) is 6.00. The fourth-order valence-corrected chi connectivity index (χ4v) is 1.84. The van der Waals surface area contributed by atoms with Crippen molar-refractivity contribution in [1.82, 2.24) is 0 Å². The number of carboxylic acids is 1. The van der Waals surface area contributed by atoms with E-state index in [9.17, 15) is 14.7 Å². The van der Waals surface area contributed by atoms with Gasteiger partial charge in [-0.15, -0.1) is 0 Å². The van der Waals surface area contributed by atoms with Crippen LogP contribution in [0.1, 0.15) is 20.3 Å². The van der Waals surface area contributed by atoms with E-state index in [1.165, 1.54) is 0 Å². The molecule has 1 amide bonds. The molecule has 0 saturated carbocycles. The zero-order valence-corrected chi connectivity index (χ0v) is 11.6. The van der Waals surface area contributed by atoms with E-state index in [4.69, 9.17) is 11.6 Å². The Labute approximate surface area is 117 Å². The van der Waals surface area contributed by atoms with Gasteiger partial charge >= 0.3 is 0 Å². The van der Waals surface area contributed by atoms with Crippen LogP contribution in [0.2, 0.25) is 5.02 Å². The van der Waals surface area contributed by atoms with Gasteiger partial charge in [0.05, 0.1) is 29.1 Å². The fourth-order valence-electron chi connectivity index (χ4n) is 1.66. The Kier molecular flexibility index (Phi) is 5.79. The van der Waals surface area contributed by atoms with Crippen molar-refractivity contribution < 1.29 is 20.0 Å². The van der Waals surface area contributed by atoms with Gasteiger partial charge in [0.15, 0.2) is 0 Å². The molecule has 104 valence electrons. The van der Waals surface area contributed by atoms with E-state index in [1.807, 2.05) is 13.8 Å². The smallest absolute Gasteiger partial charge is 0.230 e. The molecule has 0 saturated heterocycles. The summed E-state index contributed by atoms with van der Waals surface area (Å²) in [5.41, 5.74) is 0.468. The molecule has 0 unspecified atom stereocenters. The predicted molar refractivity (Wildman–Crippen MR) is 70.6 cm³/mol. The van der Waals surface area contributed by atoms with Gasteiger partial charge in [0, 0.05) is 0 Å². The highest BCUT2D eigenvalue weighted by molar-refractivity contribution is 6.33. The van der Waals surface area contributed by atoms with Crippen LogP contribution in [0.15, 0.2) is 24.3 Å². The lowest BCUT2D eigenvalue weighted by Crippen LogP contribution is -2.96. The van der Waals surface area contributed by atoms with E-state index in [2.05, 4.69) is 5.32 Å². The molecule has 1 aromatic rings. The fraction of sp³-hybridized carbons (Fsp3) is 0.385. The topological polar surface area (TPSA) is 85.8 Å². The van der Waals surface area contributed by atoms with Gasteiger partial charge in [-0.05, 0) is 26.0 Å². The molecule has 6 heteroatoms. The van der Waals surface area contributed by atoms with Gasteiger partial charge in [-0.1, -0.05) is 23.7 Å². The Morgan fingerprint density at radius 3 is 2.53 bits per heavy atom. The molecule has 5 nitrogen and oxygen atoms in total. The number of rotatable bonds is 6. The number of aliphatic carboxylic acids is 1. The van der Waals surface area contributed by atoms with Crippen LogP contribution in [-0.2, 0) is 9.59 Å². The van der Waals surface area contributed by atoms with Crippen LogP contribution in [0.25, 0.3) is 0 Å². The minimum absolute atomic E-state index is 0.0658. The van der Waals surface area contributed by atoms with E-state index in [-0.39, 0.29) is 12.5 Å². The number of para-hydroxylation sites is 1. The molecule has 0 heterocycles. The Hall–Kier alpha value is -1.59. The summed E-state index contributed by atoms with van der Waals surface area (Å²) >= 11 is 5.90. The maximum atomic E-state index is 11.8. The van der Waals surface area contributed by atoms with E-state index < -0.39 is 17.9 Å². The minimum atomic E-state index is -1.25. The number of amides is 1. The van der Waals surface area contributed by atoms with Crippen molar-refractivity contribution in [3.8, 4) is 0 Å². The maximum Gasteiger partial charge on any atom is 0.230 e. The molecule has 0 radical (unpaired) electrons. The Morgan fingerprint density at radius 2 is 2.00 bits per heavy atom. The molecule has 3 N–H and O–H groups in total. The number of nitrogens with two attached hydrogens (primary N) is 1. The monoisotopic (exact) mass is 284 g/mol. The minimum Gasteiger partial charge on any atom is -0.544 e. The van der Waals surface area contributed by atoms with Crippen LogP contribution in [-0.4, -0.2) is 24.0 Å². The molecule has 1 atom stereocenters. The number of benzene rings is 1. The maximum absolute atomic E-state index is 11.8.